The molecule has 1 aromatic carbocycles. The van der Waals surface area contributed by atoms with Crippen molar-refractivity contribution in [3.63, 3.8) is 0 Å². The molecule has 0 aromatic heterocycles. The van der Waals surface area contributed by atoms with Crippen LogP contribution in [0.5, 0.6) is 5.75 Å². The van der Waals surface area contributed by atoms with Crippen molar-refractivity contribution >= 4 is 17.6 Å². The van der Waals surface area contributed by atoms with Crippen molar-refractivity contribution in [1.82, 2.24) is 10.6 Å². The number of hydrogen-bond donors (Lipinski definition) is 2. The van der Waals surface area contributed by atoms with Crippen molar-refractivity contribution in [3.8, 4) is 5.75 Å². The van der Waals surface area contributed by atoms with Gasteiger partial charge in [-0.3, -0.25) is 4.79 Å². The van der Waals surface area contributed by atoms with Crippen molar-refractivity contribution in [2.75, 3.05) is 24.6 Å². The van der Waals surface area contributed by atoms with Crippen LogP contribution < -0.4 is 20.3 Å². The highest BCUT2D eigenvalue weighted by molar-refractivity contribution is 5.93. The second-order valence-corrected chi connectivity index (χ2v) is 6.31. The molecule has 0 unspecified atom stereocenters. The minimum atomic E-state index is -0.159. The molecule has 138 valence electrons. The number of urea groups is 1. The Bertz CT molecular complexity index is 571. The lowest BCUT2D eigenvalue weighted by atomic mass is 9.96. The predicted octanol–water partition coefficient (Wildman–Crippen LogP) is 3.07. The summed E-state index contributed by atoms with van der Waals surface area (Å²) in [5, 5.41) is 5.87. The Morgan fingerprint density at radius 1 is 1.20 bits per heavy atom. The highest BCUT2D eigenvalue weighted by Gasteiger charge is 2.18. The number of carbonyl (C=O) groups excluding carboxylic acids is 2. The Kier molecular flexibility index (Phi) is 7.57. The molecule has 25 heavy (non-hydrogen) atoms. The first-order valence-corrected chi connectivity index (χ1v) is 9.16. The first-order chi connectivity index (χ1) is 12.1. The molecule has 1 fully saturated rings. The van der Waals surface area contributed by atoms with Gasteiger partial charge >= 0.3 is 6.03 Å². The van der Waals surface area contributed by atoms with Crippen LogP contribution in [0.3, 0.4) is 0 Å². The van der Waals surface area contributed by atoms with Gasteiger partial charge in [0, 0.05) is 26.1 Å². The first kappa shape index (κ1) is 19.1. The van der Waals surface area contributed by atoms with Crippen LogP contribution in [0.2, 0.25) is 0 Å². The molecule has 0 spiro atoms. The van der Waals surface area contributed by atoms with Crippen LogP contribution in [0.15, 0.2) is 24.3 Å². The summed E-state index contributed by atoms with van der Waals surface area (Å²) in [4.78, 5) is 25.7. The zero-order valence-electron chi connectivity index (χ0n) is 15.2. The molecule has 0 saturated heterocycles. The van der Waals surface area contributed by atoms with Gasteiger partial charge in [-0.05, 0) is 31.9 Å². The normalized spacial score (nSPS) is 14.6. The van der Waals surface area contributed by atoms with E-state index in [9.17, 15) is 9.59 Å². The van der Waals surface area contributed by atoms with E-state index in [1.165, 1.54) is 26.2 Å². The third-order valence-corrected chi connectivity index (χ3v) is 4.40. The number of para-hydroxylation sites is 2. The number of amides is 3. The van der Waals surface area contributed by atoms with Crippen LogP contribution in [0.25, 0.3) is 0 Å². The zero-order valence-corrected chi connectivity index (χ0v) is 15.2. The molecular formula is C19H29N3O3. The molecule has 0 heterocycles. The number of nitrogens with one attached hydrogen (secondary N) is 2. The van der Waals surface area contributed by atoms with Crippen LogP contribution in [-0.4, -0.2) is 37.7 Å². The summed E-state index contributed by atoms with van der Waals surface area (Å²) in [6.45, 7) is 4.75. The number of anilines is 1. The summed E-state index contributed by atoms with van der Waals surface area (Å²) in [5.41, 5.74) is 0.728. The molecule has 6 heteroatoms. The highest BCUT2D eigenvalue weighted by atomic mass is 16.5. The monoisotopic (exact) mass is 347 g/mol. The zero-order chi connectivity index (χ0) is 18.1. The quantitative estimate of drug-likeness (QED) is 0.796. The van der Waals surface area contributed by atoms with Crippen molar-refractivity contribution in [1.29, 1.82) is 0 Å². The molecule has 2 N–H and O–H groups in total. The first-order valence-electron chi connectivity index (χ1n) is 9.16. The van der Waals surface area contributed by atoms with Gasteiger partial charge in [-0.1, -0.05) is 31.4 Å². The highest BCUT2D eigenvalue weighted by Crippen LogP contribution is 2.27. The van der Waals surface area contributed by atoms with E-state index in [0.717, 1.165) is 18.5 Å². The molecule has 1 aromatic rings. The van der Waals surface area contributed by atoms with Crippen LogP contribution >= 0.6 is 0 Å². The Labute approximate surface area is 149 Å². The lowest BCUT2D eigenvalue weighted by Crippen LogP contribution is -2.45. The number of benzene rings is 1. The van der Waals surface area contributed by atoms with Gasteiger partial charge in [0.2, 0.25) is 5.91 Å². The minimum Gasteiger partial charge on any atom is -0.492 e. The topological polar surface area (TPSA) is 70.7 Å². The van der Waals surface area contributed by atoms with E-state index in [0.29, 0.717) is 25.4 Å². The maximum Gasteiger partial charge on any atom is 0.315 e. The van der Waals surface area contributed by atoms with Crippen molar-refractivity contribution in [2.45, 2.75) is 52.0 Å². The molecule has 1 aliphatic rings. The van der Waals surface area contributed by atoms with Crippen LogP contribution in [0.4, 0.5) is 10.5 Å². The summed E-state index contributed by atoms with van der Waals surface area (Å²) < 4.78 is 5.60. The number of rotatable bonds is 7. The standard InChI is InChI=1S/C19H29N3O3/c1-3-25-18-12-8-7-11-17(18)22(15(2)23)14-13-20-19(24)21-16-9-5-4-6-10-16/h7-8,11-12,16H,3-6,9-10,13-14H2,1-2H3,(H2,20,21,24). The van der Waals surface area contributed by atoms with Gasteiger partial charge in [-0.25, -0.2) is 4.79 Å². The molecule has 0 atom stereocenters. The van der Waals surface area contributed by atoms with E-state index in [2.05, 4.69) is 10.6 Å². The van der Waals surface area contributed by atoms with Gasteiger partial charge in [-0.2, -0.15) is 0 Å². The lowest BCUT2D eigenvalue weighted by molar-refractivity contribution is -0.116. The smallest absolute Gasteiger partial charge is 0.315 e. The molecular weight excluding hydrogens is 318 g/mol. The van der Waals surface area contributed by atoms with E-state index < -0.39 is 0 Å². The van der Waals surface area contributed by atoms with E-state index >= 15 is 0 Å². The van der Waals surface area contributed by atoms with Crippen molar-refractivity contribution < 1.29 is 14.3 Å². The molecule has 0 aliphatic heterocycles. The second-order valence-electron chi connectivity index (χ2n) is 6.31. The third-order valence-electron chi connectivity index (χ3n) is 4.40. The molecule has 6 nitrogen and oxygen atoms in total. The molecule has 0 bridgehead atoms. The third kappa shape index (κ3) is 5.96. The van der Waals surface area contributed by atoms with Crippen LogP contribution in [0.1, 0.15) is 46.0 Å². The van der Waals surface area contributed by atoms with Gasteiger partial charge in [0.05, 0.1) is 12.3 Å². The van der Waals surface area contributed by atoms with Gasteiger partial charge in [0.1, 0.15) is 5.75 Å². The van der Waals surface area contributed by atoms with E-state index in [1.807, 2.05) is 31.2 Å². The summed E-state index contributed by atoms with van der Waals surface area (Å²) in [7, 11) is 0. The summed E-state index contributed by atoms with van der Waals surface area (Å²) >= 11 is 0. The minimum absolute atomic E-state index is 0.0818. The number of hydrogen-bond acceptors (Lipinski definition) is 3. The number of carbonyl (C=O) groups is 2. The van der Waals surface area contributed by atoms with Gasteiger partial charge in [-0.15, -0.1) is 0 Å². The van der Waals surface area contributed by atoms with Crippen LogP contribution in [-0.2, 0) is 4.79 Å². The van der Waals surface area contributed by atoms with Gasteiger partial charge in [0.25, 0.3) is 0 Å². The molecule has 1 aliphatic carbocycles. The lowest BCUT2D eigenvalue weighted by Gasteiger charge is -2.25. The fourth-order valence-corrected chi connectivity index (χ4v) is 3.17. The summed E-state index contributed by atoms with van der Waals surface area (Å²) in [5.74, 6) is 0.591. The average Bonchev–Trinajstić information content (AvgIpc) is 2.60. The number of nitrogens with zero attached hydrogens (tertiary/aromatic N) is 1. The second kappa shape index (κ2) is 9.91. The van der Waals surface area contributed by atoms with Crippen molar-refractivity contribution in [2.24, 2.45) is 0 Å². The van der Waals surface area contributed by atoms with Crippen molar-refractivity contribution in [3.05, 3.63) is 24.3 Å². The average molecular weight is 347 g/mol. The largest absolute Gasteiger partial charge is 0.492 e. The molecule has 2 rings (SSSR count). The predicted molar refractivity (Wildman–Crippen MR) is 99.0 cm³/mol. The number of ether oxygens (including phenoxy) is 1. The molecule has 1 saturated carbocycles. The Hall–Kier alpha value is -2.24. The molecule has 3 amide bonds. The fourth-order valence-electron chi connectivity index (χ4n) is 3.17. The Balaban J connectivity index is 1.87. The van der Waals surface area contributed by atoms with E-state index in [4.69, 9.17) is 4.74 Å². The maximum atomic E-state index is 12.0. The van der Waals surface area contributed by atoms with Crippen LogP contribution in [0, 0.1) is 0 Å². The summed E-state index contributed by atoms with van der Waals surface area (Å²) in [6.07, 6.45) is 5.71. The summed E-state index contributed by atoms with van der Waals surface area (Å²) in [6, 6.07) is 7.57. The Morgan fingerprint density at radius 3 is 2.60 bits per heavy atom. The van der Waals surface area contributed by atoms with Gasteiger partial charge < -0.3 is 20.3 Å². The molecule has 0 radical (unpaired) electrons. The Morgan fingerprint density at radius 2 is 1.92 bits per heavy atom. The van der Waals surface area contributed by atoms with E-state index in [-0.39, 0.29) is 18.0 Å². The SMILES string of the molecule is CCOc1ccccc1N(CCNC(=O)NC1CCCCC1)C(C)=O. The van der Waals surface area contributed by atoms with E-state index in [1.54, 1.807) is 4.90 Å². The fraction of sp³-hybridized carbons (Fsp3) is 0.579. The van der Waals surface area contributed by atoms with Gasteiger partial charge in [0.15, 0.2) is 0 Å². The maximum absolute atomic E-state index is 12.0.